The van der Waals surface area contributed by atoms with Gasteiger partial charge in [0.15, 0.2) is 0 Å². The molecule has 37 heavy (non-hydrogen) atoms. The molecule has 8 atom stereocenters. The van der Waals surface area contributed by atoms with E-state index >= 15 is 0 Å². The molecule has 0 aromatic heterocycles. The van der Waals surface area contributed by atoms with Crippen LogP contribution in [0.3, 0.4) is 0 Å². The van der Waals surface area contributed by atoms with E-state index in [0.29, 0.717) is 24.3 Å². The molecule has 0 aliphatic heterocycles. The van der Waals surface area contributed by atoms with Gasteiger partial charge in [0.1, 0.15) is 30.9 Å². The molecule has 2 saturated carbocycles. The third kappa shape index (κ3) is 6.99. The minimum Gasteiger partial charge on any atom is -0.379 e. The van der Waals surface area contributed by atoms with E-state index in [2.05, 4.69) is 0 Å². The molecule has 220 valence electrons. The molecule has 0 spiro atoms. The van der Waals surface area contributed by atoms with Crippen molar-refractivity contribution >= 4 is 47.0 Å². The summed E-state index contributed by atoms with van der Waals surface area (Å²) in [7, 11) is 0. The molecule has 4 N–H and O–H groups in total. The predicted molar refractivity (Wildman–Crippen MR) is 165 cm³/mol. The van der Waals surface area contributed by atoms with Crippen LogP contribution in [-0.2, 0) is 4.74 Å². The van der Waals surface area contributed by atoms with Gasteiger partial charge in [0.05, 0.1) is 0 Å². The molecule has 2 aliphatic rings. The number of aliphatic hydroxyl groups is 4. The summed E-state index contributed by atoms with van der Waals surface area (Å²) < 4.78 is 7.54. The van der Waals surface area contributed by atoms with Gasteiger partial charge in [-0.3, -0.25) is 0 Å². The first kappa shape index (κ1) is 34.4. The van der Waals surface area contributed by atoms with Crippen molar-refractivity contribution in [2.75, 3.05) is 23.0 Å². The van der Waals surface area contributed by atoms with E-state index in [-0.39, 0.29) is 11.8 Å². The Bertz CT molecular complexity index is 659. The van der Waals surface area contributed by atoms with Crippen molar-refractivity contribution in [2.24, 2.45) is 11.8 Å². The molecule has 0 bridgehead atoms. The summed E-state index contributed by atoms with van der Waals surface area (Å²) >= 11 is 5.93. The van der Waals surface area contributed by atoms with Gasteiger partial charge in [-0.25, -0.2) is 0 Å². The molecule has 2 aliphatic carbocycles. The maximum atomic E-state index is 12.3. The molecule has 0 aromatic carbocycles. The first-order chi connectivity index (χ1) is 17.1. The highest BCUT2D eigenvalue weighted by Gasteiger charge is 2.68. The molecule has 0 saturated heterocycles. The van der Waals surface area contributed by atoms with Crippen molar-refractivity contribution < 1.29 is 25.2 Å². The Balaban J connectivity index is 2.85. The molecule has 0 radical (unpaired) electrons. The Kier molecular flexibility index (Phi) is 12.5. The SMILES string of the molecule is CCSC(C)(O)C1CCCCC1(OC1(C(C)(O)SCC)CCCCC1C(C)(O)SCC)C(C)(O)SCC. The quantitative estimate of drug-likeness (QED) is 0.163. The van der Waals surface area contributed by atoms with Gasteiger partial charge in [0.25, 0.3) is 0 Å². The third-order valence-electron chi connectivity index (χ3n) is 8.66. The lowest BCUT2D eigenvalue weighted by Crippen LogP contribution is -2.72. The fourth-order valence-corrected chi connectivity index (χ4v) is 11.5. The van der Waals surface area contributed by atoms with Crippen molar-refractivity contribution in [1.29, 1.82) is 0 Å². The van der Waals surface area contributed by atoms with Crippen molar-refractivity contribution in [3.8, 4) is 0 Å². The average molecular weight is 599 g/mol. The number of thioether (sulfide) groups is 4. The Morgan fingerprint density at radius 1 is 0.595 bits per heavy atom. The lowest BCUT2D eigenvalue weighted by Gasteiger charge is -2.63. The van der Waals surface area contributed by atoms with Gasteiger partial charge in [-0.15, -0.1) is 47.0 Å². The lowest BCUT2D eigenvalue weighted by atomic mass is 9.65. The van der Waals surface area contributed by atoms with Crippen LogP contribution in [0.1, 0.15) is 107 Å². The van der Waals surface area contributed by atoms with Crippen LogP contribution in [0, 0.1) is 11.8 Å². The molecule has 0 heterocycles. The fraction of sp³-hybridized carbons (Fsp3) is 1.00. The summed E-state index contributed by atoms with van der Waals surface area (Å²) in [6.07, 6.45) is 6.37. The van der Waals surface area contributed by atoms with Crippen molar-refractivity contribution in [1.82, 2.24) is 0 Å². The van der Waals surface area contributed by atoms with Crippen molar-refractivity contribution in [3.05, 3.63) is 0 Å². The van der Waals surface area contributed by atoms with Gasteiger partial charge >= 0.3 is 0 Å². The molecule has 5 nitrogen and oxygen atoms in total. The summed E-state index contributed by atoms with van der Waals surface area (Å²) in [6.45, 7) is 15.6. The zero-order valence-electron chi connectivity index (χ0n) is 24.5. The minimum absolute atomic E-state index is 0.335. The van der Waals surface area contributed by atoms with Gasteiger partial charge in [-0.05, 0) is 76.4 Å². The molecule has 2 fully saturated rings. The van der Waals surface area contributed by atoms with Gasteiger partial charge in [0.2, 0.25) is 0 Å². The molecular weight excluding hydrogens is 545 g/mol. The van der Waals surface area contributed by atoms with E-state index < -0.39 is 30.9 Å². The summed E-state index contributed by atoms with van der Waals surface area (Å²) in [4.78, 5) is -4.81. The van der Waals surface area contributed by atoms with E-state index in [4.69, 9.17) is 4.74 Å². The molecule has 0 amide bonds. The molecule has 2 rings (SSSR count). The van der Waals surface area contributed by atoms with E-state index in [9.17, 15) is 20.4 Å². The van der Waals surface area contributed by atoms with Gasteiger partial charge in [-0.1, -0.05) is 53.4 Å². The van der Waals surface area contributed by atoms with Gasteiger partial charge < -0.3 is 25.2 Å². The molecule has 8 unspecified atom stereocenters. The van der Waals surface area contributed by atoms with Crippen LogP contribution in [0.25, 0.3) is 0 Å². The Hall–Kier alpha value is 1.20. The monoisotopic (exact) mass is 598 g/mol. The third-order valence-corrected chi connectivity index (χ3v) is 13.4. The van der Waals surface area contributed by atoms with E-state index in [1.807, 2.05) is 55.4 Å². The van der Waals surface area contributed by atoms with Crippen molar-refractivity contribution in [2.45, 2.75) is 138 Å². The number of ether oxygens (including phenoxy) is 1. The summed E-state index contributed by atoms with van der Waals surface area (Å²) in [5.41, 5.74) is -2.20. The molecule has 0 aromatic rings. The maximum absolute atomic E-state index is 12.3. The van der Waals surface area contributed by atoms with Crippen LogP contribution >= 0.6 is 47.0 Å². The highest BCUT2D eigenvalue weighted by atomic mass is 32.2. The average Bonchev–Trinajstić information content (AvgIpc) is 2.79. The Labute approximate surface area is 243 Å². The molecule has 9 heteroatoms. The zero-order valence-corrected chi connectivity index (χ0v) is 27.7. The molecular formula is C28H54O5S4. The Morgan fingerprint density at radius 3 is 1.22 bits per heavy atom. The summed E-state index contributed by atoms with van der Waals surface area (Å²) in [5, 5.41) is 48.3. The summed E-state index contributed by atoms with van der Waals surface area (Å²) in [5.74, 6) is 2.24. The first-order valence-corrected chi connectivity index (χ1v) is 18.2. The van der Waals surface area contributed by atoms with Gasteiger partial charge in [0, 0.05) is 11.8 Å². The van der Waals surface area contributed by atoms with E-state index in [1.165, 1.54) is 47.0 Å². The second-order valence-corrected chi connectivity index (χ2v) is 18.0. The van der Waals surface area contributed by atoms with Crippen LogP contribution in [0.2, 0.25) is 0 Å². The van der Waals surface area contributed by atoms with Crippen LogP contribution in [-0.4, -0.2) is 74.4 Å². The second kappa shape index (κ2) is 13.5. The van der Waals surface area contributed by atoms with Crippen LogP contribution in [0.15, 0.2) is 0 Å². The highest BCUT2D eigenvalue weighted by molar-refractivity contribution is 8.01. The Morgan fingerprint density at radius 2 is 0.919 bits per heavy atom. The van der Waals surface area contributed by atoms with Crippen LogP contribution in [0.5, 0.6) is 0 Å². The topological polar surface area (TPSA) is 90.2 Å². The van der Waals surface area contributed by atoms with Crippen molar-refractivity contribution in [3.63, 3.8) is 0 Å². The lowest BCUT2D eigenvalue weighted by molar-refractivity contribution is -0.313. The minimum atomic E-state index is -1.29. The first-order valence-electron chi connectivity index (χ1n) is 14.3. The number of hydrogen-bond donors (Lipinski definition) is 4. The van der Waals surface area contributed by atoms with E-state index in [1.54, 1.807) is 0 Å². The smallest absolute Gasteiger partial charge is 0.137 e. The highest BCUT2D eigenvalue weighted by Crippen LogP contribution is 2.62. The standard InChI is InChI=1S/C28H54O5S4/c1-9-34-23(5,29)21-17-13-15-19-27(21,25(7,31)36-11-3)33-28(26(8,32)37-12-4)20-16-14-18-22(28)24(6,30)35-10-2/h21-22,29-32H,9-20H2,1-8H3. The zero-order chi connectivity index (χ0) is 28.2. The van der Waals surface area contributed by atoms with E-state index in [0.717, 1.165) is 50.0 Å². The predicted octanol–water partition coefficient (Wildman–Crippen LogP) is 6.71. The normalized spacial score (nSPS) is 35.7. The van der Waals surface area contributed by atoms with Crippen LogP contribution in [0.4, 0.5) is 0 Å². The largest absolute Gasteiger partial charge is 0.379 e. The summed E-state index contributed by atoms with van der Waals surface area (Å²) in [6, 6.07) is 0. The van der Waals surface area contributed by atoms with Crippen LogP contribution < -0.4 is 0 Å². The fourth-order valence-electron chi connectivity index (χ4n) is 7.15. The van der Waals surface area contributed by atoms with Gasteiger partial charge in [-0.2, -0.15) is 0 Å². The number of rotatable bonds is 14. The maximum Gasteiger partial charge on any atom is 0.137 e. The second-order valence-electron chi connectivity index (χ2n) is 11.3. The number of hydrogen-bond acceptors (Lipinski definition) is 9.